The van der Waals surface area contributed by atoms with Crippen LogP contribution in [0.3, 0.4) is 0 Å². The molecule has 0 aromatic heterocycles. The molecular formula is C18H23ClN2OS. The summed E-state index contributed by atoms with van der Waals surface area (Å²) in [6.07, 6.45) is -0.211. The average Bonchev–Trinajstić information content (AvgIpc) is 2.95. The third-order valence-corrected chi connectivity index (χ3v) is 4.96. The predicted octanol–water partition coefficient (Wildman–Crippen LogP) is 2.93. The summed E-state index contributed by atoms with van der Waals surface area (Å²) < 4.78 is 0. The average molecular weight is 351 g/mol. The zero-order chi connectivity index (χ0) is 15.2. The van der Waals surface area contributed by atoms with E-state index >= 15 is 0 Å². The molecule has 3 rings (SSSR count). The number of β-amino-alcohol motifs (C(OH)–C–C–N with tert-alkyl or cyclic N) is 1. The smallest absolute Gasteiger partial charge is 0.0716 e. The van der Waals surface area contributed by atoms with Crippen molar-refractivity contribution < 1.29 is 5.11 Å². The van der Waals surface area contributed by atoms with Gasteiger partial charge in [0, 0.05) is 41.9 Å². The number of hydrogen-bond acceptors (Lipinski definition) is 4. The predicted molar refractivity (Wildman–Crippen MR) is 98.3 cm³/mol. The highest BCUT2D eigenvalue weighted by molar-refractivity contribution is 7.99. The molecule has 1 aliphatic rings. The molecule has 1 fully saturated rings. The molecular weight excluding hydrogens is 328 g/mol. The lowest BCUT2D eigenvalue weighted by Crippen LogP contribution is -2.30. The van der Waals surface area contributed by atoms with Gasteiger partial charge in [-0.1, -0.05) is 42.1 Å². The van der Waals surface area contributed by atoms with Crippen LogP contribution < -0.4 is 10.6 Å². The molecule has 0 saturated carbocycles. The number of hydrogen-bond donors (Lipinski definition) is 3. The number of rotatable bonds is 6. The zero-order valence-electron chi connectivity index (χ0n) is 12.9. The van der Waals surface area contributed by atoms with Gasteiger partial charge >= 0.3 is 0 Å². The Morgan fingerprint density at radius 2 is 1.70 bits per heavy atom. The molecule has 5 heteroatoms. The highest BCUT2D eigenvalue weighted by Crippen LogP contribution is 2.27. The van der Waals surface area contributed by atoms with Crippen molar-refractivity contribution in [2.24, 2.45) is 5.92 Å². The lowest BCUT2D eigenvalue weighted by Gasteiger charge is -2.14. The van der Waals surface area contributed by atoms with E-state index in [9.17, 15) is 5.11 Å². The molecule has 0 radical (unpaired) electrons. The Morgan fingerprint density at radius 3 is 2.35 bits per heavy atom. The summed E-state index contributed by atoms with van der Waals surface area (Å²) in [4.78, 5) is 2.52. The summed E-state index contributed by atoms with van der Waals surface area (Å²) in [7, 11) is 0. The fraction of sp³-hybridized carbons (Fsp3) is 0.333. The van der Waals surface area contributed by atoms with E-state index in [1.54, 1.807) is 11.8 Å². The Hall–Kier alpha value is -1.04. The lowest BCUT2D eigenvalue weighted by molar-refractivity contribution is 0.146. The molecule has 0 spiro atoms. The fourth-order valence-corrected chi connectivity index (χ4v) is 3.47. The van der Waals surface area contributed by atoms with E-state index in [1.807, 2.05) is 6.07 Å². The molecule has 3 nitrogen and oxygen atoms in total. The first-order valence-corrected chi connectivity index (χ1v) is 8.54. The molecule has 2 aromatic carbocycles. The van der Waals surface area contributed by atoms with Crippen LogP contribution in [0.5, 0.6) is 0 Å². The van der Waals surface area contributed by atoms with E-state index in [0.717, 1.165) is 26.2 Å². The van der Waals surface area contributed by atoms with Crippen LogP contribution in [0.15, 0.2) is 64.4 Å². The van der Waals surface area contributed by atoms with Gasteiger partial charge in [0.15, 0.2) is 0 Å². The molecule has 0 bridgehead atoms. The lowest BCUT2D eigenvalue weighted by atomic mass is 10.1. The van der Waals surface area contributed by atoms with Gasteiger partial charge < -0.3 is 15.7 Å². The van der Waals surface area contributed by atoms with Crippen molar-refractivity contribution in [1.29, 1.82) is 0 Å². The van der Waals surface area contributed by atoms with Crippen LogP contribution in [-0.4, -0.2) is 30.8 Å². The van der Waals surface area contributed by atoms with E-state index in [-0.39, 0.29) is 18.5 Å². The number of nitrogens with one attached hydrogen (secondary N) is 2. The normalized spacial score (nSPS) is 20.2. The second kappa shape index (κ2) is 9.30. The van der Waals surface area contributed by atoms with Gasteiger partial charge in [-0.15, -0.1) is 12.4 Å². The topological polar surface area (TPSA) is 44.3 Å². The molecule has 0 aliphatic carbocycles. The molecule has 124 valence electrons. The highest BCUT2D eigenvalue weighted by Gasteiger charge is 2.23. The summed E-state index contributed by atoms with van der Waals surface area (Å²) in [6, 6.07) is 19.1. The number of aliphatic hydroxyl groups excluding tert-OH is 1. The van der Waals surface area contributed by atoms with Gasteiger partial charge in [0.25, 0.3) is 0 Å². The minimum absolute atomic E-state index is 0. The summed E-state index contributed by atoms with van der Waals surface area (Å²) in [5.74, 6) is 0.327. The maximum atomic E-state index is 9.76. The molecule has 1 saturated heterocycles. The van der Waals surface area contributed by atoms with Gasteiger partial charge in [-0.2, -0.15) is 0 Å². The third-order valence-electron chi connectivity index (χ3n) is 3.94. The maximum absolute atomic E-state index is 9.76. The van der Waals surface area contributed by atoms with Gasteiger partial charge in [0.2, 0.25) is 0 Å². The third kappa shape index (κ3) is 5.52. The summed E-state index contributed by atoms with van der Waals surface area (Å²) in [6.45, 7) is 3.33. The minimum atomic E-state index is -0.211. The first kappa shape index (κ1) is 18.3. The van der Waals surface area contributed by atoms with Crippen molar-refractivity contribution in [1.82, 2.24) is 10.6 Å². The van der Waals surface area contributed by atoms with E-state index < -0.39 is 0 Å². The maximum Gasteiger partial charge on any atom is 0.0716 e. The van der Waals surface area contributed by atoms with Crippen molar-refractivity contribution in [3.05, 3.63) is 60.2 Å². The molecule has 1 heterocycles. The summed E-state index contributed by atoms with van der Waals surface area (Å²) in [5.41, 5.74) is 1.28. The molecule has 2 atom stereocenters. The second-order valence-corrected chi connectivity index (χ2v) is 6.82. The van der Waals surface area contributed by atoms with Gasteiger partial charge in [-0.25, -0.2) is 0 Å². The van der Waals surface area contributed by atoms with E-state index in [4.69, 9.17) is 0 Å². The molecule has 23 heavy (non-hydrogen) atoms. The van der Waals surface area contributed by atoms with Gasteiger partial charge in [0.05, 0.1) is 6.10 Å². The van der Waals surface area contributed by atoms with Gasteiger partial charge in [-0.3, -0.25) is 0 Å². The number of halogens is 1. The van der Waals surface area contributed by atoms with Crippen LogP contribution in [0, 0.1) is 5.92 Å². The standard InChI is InChI=1S/C18H22N2OS.ClH/c21-18-13-20-12-15(18)11-19-10-14-6-8-17(9-7-14)22-16-4-2-1-3-5-16;/h1-9,15,18-21H,10-13H2;1H. The van der Waals surface area contributed by atoms with Crippen LogP contribution in [0.4, 0.5) is 0 Å². The minimum Gasteiger partial charge on any atom is -0.391 e. The molecule has 0 amide bonds. The van der Waals surface area contributed by atoms with E-state index in [1.165, 1.54) is 15.4 Å². The number of aliphatic hydroxyl groups is 1. The summed E-state index contributed by atoms with van der Waals surface area (Å²) in [5, 5.41) is 16.4. The monoisotopic (exact) mass is 350 g/mol. The quantitative estimate of drug-likeness (QED) is 0.749. The summed E-state index contributed by atoms with van der Waals surface area (Å²) >= 11 is 1.78. The first-order chi connectivity index (χ1) is 10.8. The largest absolute Gasteiger partial charge is 0.391 e. The van der Waals surface area contributed by atoms with Gasteiger partial charge in [0.1, 0.15) is 0 Å². The zero-order valence-corrected chi connectivity index (χ0v) is 14.6. The Kier molecular flexibility index (Phi) is 7.40. The van der Waals surface area contributed by atoms with Crippen LogP contribution in [-0.2, 0) is 6.54 Å². The van der Waals surface area contributed by atoms with Crippen LogP contribution in [0.1, 0.15) is 5.56 Å². The van der Waals surface area contributed by atoms with Crippen molar-refractivity contribution >= 4 is 24.2 Å². The van der Waals surface area contributed by atoms with E-state index in [0.29, 0.717) is 5.92 Å². The Balaban J connectivity index is 0.00000192. The van der Waals surface area contributed by atoms with Crippen molar-refractivity contribution in [3.63, 3.8) is 0 Å². The van der Waals surface area contributed by atoms with Crippen LogP contribution in [0.25, 0.3) is 0 Å². The SMILES string of the molecule is Cl.OC1CNCC1CNCc1ccc(Sc2ccccc2)cc1. The molecule has 2 aromatic rings. The Morgan fingerprint density at radius 1 is 1.00 bits per heavy atom. The Bertz CT molecular complexity index is 579. The van der Waals surface area contributed by atoms with Crippen LogP contribution >= 0.6 is 24.2 Å². The highest BCUT2D eigenvalue weighted by atomic mass is 35.5. The van der Waals surface area contributed by atoms with Crippen molar-refractivity contribution in [2.75, 3.05) is 19.6 Å². The van der Waals surface area contributed by atoms with Crippen LogP contribution in [0.2, 0.25) is 0 Å². The molecule has 3 N–H and O–H groups in total. The van der Waals surface area contributed by atoms with E-state index in [2.05, 4.69) is 59.2 Å². The second-order valence-electron chi connectivity index (χ2n) is 5.68. The van der Waals surface area contributed by atoms with Gasteiger partial charge in [-0.05, 0) is 29.8 Å². The molecule has 1 aliphatic heterocycles. The number of benzene rings is 2. The van der Waals surface area contributed by atoms with Crippen molar-refractivity contribution in [2.45, 2.75) is 22.4 Å². The van der Waals surface area contributed by atoms with Crippen molar-refractivity contribution in [3.8, 4) is 0 Å². The first-order valence-electron chi connectivity index (χ1n) is 7.72. The fourth-order valence-electron chi connectivity index (χ4n) is 2.63. The molecule has 2 unspecified atom stereocenters. The Labute approximate surface area is 148 Å².